The standard InChI is InChI=1S/C19H24N2O4/c1-19(6-8-21(9-7-19)17(22)14-3-4-14)18(23)20-11-13-2-5-15-16(10-13)25-12-24-15/h2,5,10,14H,3-4,6-9,11-12H2,1H3,(H,20,23). The van der Waals surface area contributed by atoms with Crippen LogP contribution in [0.2, 0.25) is 0 Å². The Morgan fingerprint density at radius 1 is 1.20 bits per heavy atom. The molecule has 1 saturated heterocycles. The third-order valence-corrected chi connectivity index (χ3v) is 5.54. The molecule has 25 heavy (non-hydrogen) atoms. The molecule has 6 heteroatoms. The molecule has 0 radical (unpaired) electrons. The Kier molecular flexibility index (Phi) is 4.06. The molecular weight excluding hydrogens is 320 g/mol. The SMILES string of the molecule is CC1(C(=O)NCc2ccc3c(c2)OCO3)CCN(C(=O)C2CC2)CC1. The fraction of sp³-hybridized carbons (Fsp3) is 0.579. The first-order chi connectivity index (χ1) is 12.0. The molecule has 6 nitrogen and oxygen atoms in total. The topological polar surface area (TPSA) is 67.9 Å². The van der Waals surface area contributed by atoms with Crippen molar-refractivity contribution in [2.45, 2.75) is 39.2 Å². The van der Waals surface area contributed by atoms with Gasteiger partial charge in [0, 0.05) is 31.0 Å². The average Bonchev–Trinajstić information content (AvgIpc) is 3.37. The zero-order valence-electron chi connectivity index (χ0n) is 14.5. The van der Waals surface area contributed by atoms with E-state index < -0.39 is 5.41 Å². The predicted molar refractivity (Wildman–Crippen MR) is 91.1 cm³/mol. The number of nitrogens with one attached hydrogen (secondary N) is 1. The number of amides is 2. The maximum Gasteiger partial charge on any atom is 0.231 e. The number of hydrogen-bond donors (Lipinski definition) is 1. The molecule has 0 bridgehead atoms. The number of benzene rings is 1. The number of likely N-dealkylation sites (tertiary alicyclic amines) is 1. The largest absolute Gasteiger partial charge is 0.454 e. The Bertz CT molecular complexity index is 691. The lowest BCUT2D eigenvalue weighted by Crippen LogP contribution is -2.49. The minimum Gasteiger partial charge on any atom is -0.454 e. The first-order valence-electron chi connectivity index (χ1n) is 9.01. The van der Waals surface area contributed by atoms with E-state index in [-0.39, 0.29) is 24.5 Å². The molecule has 2 heterocycles. The van der Waals surface area contributed by atoms with Crippen molar-refractivity contribution in [3.63, 3.8) is 0 Å². The number of carbonyl (C=O) groups excluding carboxylic acids is 2. The Hall–Kier alpha value is -2.24. The molecule has 4 rings (SSSR count). The monoisotopic (exact) mass is 344 g/mol. The Morgan fingerprint density at radius 3 is 2.64 bits per heavy atom. The summed E-state index contributed by atoms with van der Waals surface area (Å²) in [6.45, 7) is 4.09. The second-order valence-corrected chi connectivity index (χ2v) is 7.53. The zero-order chi connectivity index (χ0) is 17.4. The van der Waals surface area contributed by atoms with Gasteiger partial charge in [-0.1, -0.05) is 13.0 Å². The van der Waals surface area contributed by atoms with Crippen molar-refractivity contribution in [2.75, 3.05) is 19.9 Å². The molecule has 2 fully saturated rings. The van der Waals surface area contributed by atoms with E-state index in [0.717, 1.165) is 42.7 Å². The first-order valence-corrected chi connectivity index (χ1v) is 9.01. The molecule has 2 amide bonds. The second-order valence-electron chi connectivity index (χ2n) is 7.53. The Labute approximate surface area is 147 Å². The summed E-state index contributed by atoms with van der Waals surface area (Å²) in [5.41, 5.74) is 0.582. The summed E-state index contributed by atoms with van der Waals surface area (Å²) in [5.74, 6) is 2.07. The average molecular weight is 344 g/mol. The lowest BCUT2D eigenvalue weighted by atomic mass is 9.79. The van der Waals surface area contributed by atoms with Crippen LogP contribution in [0.3, 0.4) is 0 Å². The van der Waals surface area contributed by atoms with Gasteiger partial charge in [0.2, 0.25) is 18.6 Å². The summed E-state index contributed by atoms with van der Waals surface area (Å²) < 4.78 is 10.7. The summed E-state index contributed by atoms with van der Waals surface area (Å²) in [6, 6.07) is 5.71. The molecule has 1 aromatic carbocycles. The Balaban J connectivity index is 1.31. The molecule has 1 saturated carbocycles. The molecule has 1 N–H and O–H groups in total. The molecule has 0 aromatic heterocycles. The lowest BCUT2D eigenvalue weighted by molar-refractivity contribution is -0.140. The van der Waals surface area contributed by atoms with Gasteiger partial charge < -0.3 is 19.7 Å². The number of piperidine rings is 1. The maximum absolute atomic E-state index is 12.7. The van der Waals surface area contributed by atoms with E-state index in [1.807, 2.05) is 30.0 Å². The van der Waals surface area contributed by atoms with E-state index in [1.165, 1.54) is 0 Å². The number of carbonyl (C=O) groups is 2. The summed E-state index contributed by atoms with van der Waals surface area (Å²) >= 11 is 0. The molecule has 0 unspecified atom stereocenters. The highest BCUT2D eigenvalue weighted by Crippen LogP contribution is 2.36. The van der Waals surface area contributed by atoms with Gasteiger partial charge >= 0.3 is 0 Å². The zero-order valence-corrected chi connectivity index (χ0v) is 14.5. The lowest BCUT2D eigenvalue weighted by Gasteiger charge is -2.38. The number of nitrogens with zero attached hydrogens (tertiary/aromatic N) is 1. The minimum atomic E-state index is -0.406. The molecule has 2 aliphatic heterocycles. The fourth-order valence-corrected chi connectivity index (χ4v) is 3.48. The molecule has 0 spiro atoms. The number of rotatable bonds is 4. The minimum absolute atomic E-state index is 0.0590. The quantitative estimate of drug-likeness (QED) is 0.908. The first kappa shape index (κ1) is 16.2. The van der Waals surface area contributed by atoms with E-state index >= 15 is 0 Å². The van der Waals surface area contributed by atoms with Gasteiger partial charge in [-0.05, 0) is 43.4 Å². The van der Waals surface area contributed by atoms with Crippen LogP contribution in [0, 0.1) is 11.3 Å². The highest BCUT2D eigenvalue weighted by molar-refractivity contribution is 5.84. The molecule has 134 valence electrons. The molecule has 1 aliphatic carbocycles. The highest BCUT2D eigenvalue weighted by Gasteiger charge is 2.41. The van der Waals surface area contributed by atoms with Crippen molar-refractivity contribution < 1.29 is 19.1 Å². The highest BCUT2D eigenvalue weighted by atomic mass is 16.7. The van der Waals surface area contributed by atoms with Crippen molar-refractivity contribution >= 4 is 11.8 Å². The van der Waals surface area contributed by atoms with Gasteiger partial charge in [0.15, 0.2) is 11.5 Å². The Morgan fingerprint density at radius 2 is 1.92 bits per heavy atom. The summed E-state index contributed by atoms with van der Waals surface area (Å²) in [5, 5.41) is 3.04. The van der Waals surface area contributed by atoms with E-state index in [0.29, 0.717) is 19.6 Å². The van der Waals surface area contributed by atoms with Gasteiger partial charge in [-0.3, -0.25) is 9.59 Å². The molecule has 0 atom stereocenters. The van der Waals surface area contributed by atoms with Crippen LogP contribution in [0.25, 0.3) is 0 Å². The van der Waals surface area contributed by atoms with Crippen LogP contribution < -0.4 is 14.8 Å². The van der Waals surface area contributed by atoms with E-state index in [1.54, 1.807) is 0 Å². The summed E-state index contributed by atoms with van der Waals surface area (Å²) in [4.78, 5) is 26.8. The fourth-order valence-electron chi connectivity index (χ4n) is 3.48. The van der Waals surface area contributed by atoms with Gasteiger partial charge in [-0.2, -0.15) is 0 Å². The number of hydrogen-bond acceptors (Lipinski definition) is 4. The summed E-state index contributed by atoms with van der Waals surface area (Å²) in [7, 11) is 0. The molecular formula is C19H24N2O4. The van der Waals surface area contributed by atoms with Crippen LogP contribution in [0.15, 0.2) is 18.2 Å². The van der Waals surface area contributed by atoms with Gasteiger partial charge in [0.1, 0.15) is 0 Å². The van der Waals surface area contributed by atoms with E-state index in [9.17, 15) is 9.59 Å². The van der Waals surface area contributed by atoms with Crippen LogP contribution in [0.5, 0.6) is 11.5 Å². The van der Waals surface area contributed by atoms with Gasteiger partial charge in [-0.15, -0.1) is 0 Å². The summed E-state index contributed by atoms with van der Waals surface area (Å²) in [6.07, 6.45) is 3.50. The van der Waals surface area contributed by atoms with E-state index in [2.05, 4.69) is 5.32 Å². The smallest absolute Gasteiger partial charge is 0.231 e. The van der Waals surface area contributed by atoms with Crippen LogP contribution in [0.4, 0.5) is 0 Å². The maximum atomic E-state index is 12.7. The van der Waals surface area contributed by atoms with Crippen molar-refractivity contribution in [1.82, 2.24) is 10.2 Å². The van der Waals surface area contributed by atoms with Crippen molar-refractivity contribution in [2.24, 2.45) is 11.3 Å². The molecule has 1 aromatic rings. The van der Waals surface area contributed by atoms with Crippen LogP contribution in [-0.2, 0) is 16.1 Å². The van der Waals surface area contributed by atoms with Gasteiger partial charge in [0.05, 0.1) is 0 Å². The van der Waals surface area contributed by atoms with Gasteiger partial charge in [0.25, 0.3) is 0 Å². The third kappa shape index (κ3) is 3.30. The third-order valence-electron chi connectivity index (χ3n) is 5.54. The number of fused-ring (bicyclic) bond motifs is 1. The van der Waals surface area contributed by atoms with Crippen molar-refractivity contribution in [1.29, 1.82) is 0 Å². The van der Waals surface area contributed by atoms with Crippen molar-refractivity contribution in [3.05, 3.63) is 23.8 Å². The number of ether oxygens (including phenoxy) is 2. The van der Waals surface area contributed by atoms with Crippen LogP contribution in [0.1, 0.15) is 38.2 Å². The van der Waals surface area contributed by atoms with Crippen LogP contribution >= 0.6 is 0 Å². The second kappa shape index (κ2) is 6.24. The normalized spacial score (nSPS) is 21.1. The van der Waals surface area contributed by atoms with Gasteiger partial charge in [-0.25, -0.2) is 0 Å². The van der Waals surface area contributed by atoms with Crippen molar-refractivity contribution in [3.8, 4) is 11.5 Å². The van der Waals surface area contributed by atoms with E-state index in [4.69, 9.17) is 9.47 Å². The van der Waals surface area contributed by atoms with Crippen LogP contribution in [-0.4, -0.2) is 36.6 Å². The predicted octanol–water partition coefficient (Wildman–Crippen LogP) is 2.07. The molecule has 3 aliphatic rings.